The summed E-state index contributed by atoms with van der Waals surface area (Å²) in [5.74, 6) is 1.73. The van der Waals surface area contributed by atoms with Crippen molar-refractivity contribution < 1.29 is 14.2 Å². The first-order valence-electron chi connectivity index (χ1n) is 6.37. The molecule has 21 heavy (non-hydrogen) atoms. The molecule has 0 spiro atoms. The Morgan fingerprint density at radius 3 is 2.19 bits per heavy atom. The van der Waals surface area contributed by atoms with Gasteiger partial charge in [-0.2, -0.15) is 0 Å². The molecule has 0 radical (unpaired) electrons. The van der Waals surface area contributed by atoms with Gasteiger partial charge in [0.1, 0.15) is 0 Å². The molecule has 0 saturated heterocycles. The molecule has 0 aliphatic carbocycles. The summed E-state index contributed by atoms with van der Waals surface area (Å²) in [5, 5.41) is 5.91. The number of benzene rings is 1. The van der Waals surface area contributed by atoms with Crippen molar-refractivity contribution in [1.82, 2.24) is 4.98 Å². The fourth-order valence-electron chi connectivity index (χ4n) is 1.83. The van der Waals surface area contributed by atoms with Crippen LogP contribution in [0.5, 0.6) is 17.2 Å². The Kier molecular flexibility index (Phi) is 4.87. The first-order valence-corrected chi connectivity index (χ1v) is 7.25. The number of anilines is 2. The molecule has 1 unspecified atom stereocenters. The third kappa shape index (κ3) is 3.37. The van der Waals surface area contributed by atoms with Crippen LogP contribution in [0.3, 0.4) is 0 Å². The highest BCUT2D eigenvalue weighted by Gasteiger charge is 2.14. The molecule has 0 fully saturated rings. The van der Waals surface area contributed by atoms with Crippen LogP contribution in [-0.4, -0.2) is 26.3 Å². The third-order valence-electron chi connectivity index (χ3n) is 2.90. The zero-order valence-corrected chi connectivity index (χ0v) is 13.3. The topological polar surface area (TPSA) is 78.6 Å². The van der Waals surface area contributed by atoms with E-state index in [1.165, 1.54) is 11.3 Å². The number of nitrogens with zero attached hydrogens (tertiary/aromatic N) is 1. The molecular weight excluding hydrogens is 290 g/mol. The molecule has 6 nitrogen and oxygen atoms in total. The zero-order chi connectivity index (χ0) is 15.4. The van der Waals surface area contributed by atoms with Gasteiger partial charge in [-0.3, -0.25) is 0 Å². The third-order valence-corrected chi connectivity index (χ3v) is 3.68. The Morgan fingerprint density at radius 2 is 1.76 bits per heavy atom. The van der Waals surface area contributed by atoms with Crippen molar-refractivity contribution in [2.24, 2.45) is 5.73 Å². The number of nitrogens with two attached hydrogens (primary N) is 1. The first kappa shape index (κ1) is 15.4. The van der Waals surface area contributed by atoms with Crippen LogP contribution in [-0.2, 0) is 0 Å². The van der Waals surface area contributed by atoms with Gasteiger partial charge in [-0.05, 0) is 6.92 Å². The molecule has 3 N–H and O–H groups in total. The minimum absolute atomic E-state index is 0.0864. The van der Waals surface area contributed by atoms with E-state index in [1.807, 2.05) is 24.4 Å². The molecule has 0 saturated carbocycles. The highest BCUT2D eigenvalue weighted by molar-refractivity contribution is 7.13. The minimum Gasteiger partial charge on any atom is -0.493 e. The zero-order valence-electron chi connectivity index (χ0n) is 12.5. The van der Waals surface area contributed by atoms with Gasteiger partial charge in [0.25, 0.3) is 0 Å². The van der Waals surface area contributed by atoms with E-state index in [0.29, 0.717) is 17.2 Å². The smallest absolute Gasteiger partial charge is 0.203 e. The van der Waals surface area contributed by atoms with Crippen LogP contribution in [0.4, 0.5) is 10.8 Å². The lowest BCUT2D eigenvalue weighted by molar-refractivity contribution is 0.324. The maximum atomic E-state index is 5.81. The predicted molar refractivity (Wildman–Crippen MR) is 84.1 cm³/mol. The number of ether oxygens (including phenoxy) is 3. The van der Waals surface area contributed by atoms with Gasteiger partial charge in [0.15, 0.2) is 16.6 Å². The van der Waals surface area contributed by atoms with Crippen LogP contribution in [0.1, 0.15) is 18.7 Å². The Bertz CT molecular complexity index is 588. The number of aromatic nitrogens is 1. The summed E-state index contributed by atoms with van der Waals surface area (Å²) in [6, 6.07) is 3.57. The van der Waals surface area contributed by atoms with Crippen LogP contribution in [0.15, 0.2) is 17.5 Å². The lowest BCUT2D eigenvalue weighted by Crippen LogP contribution is -2.05. The number of hydrogen-bond acceptors (Lipinski definition) is 7. The van der Waals surface area contributed by atoms with Crippen LogP contribution < -0.4 is 25.3 Å². The highest BCUT2D eigenvalue weighted by atomic mass is 32.1. The molecule has 0 bridgehead atoms. The van der Waals surface area contributed by atoms with Crippen molar-refractivity contribution in [2.45, 2.75) is 13.0 Å². The van der Waals surface area contributed by atoms with E-state index in [-0.39, 0.29) is 6.04 Å². The summed E-state index contributed by atoms with van der Waals surface area (Å²) in [6.45, 7) is 1.90. The van der Waals surface area contributed by atoms with Crippen LogP contribution in [0.25, 0.3) is 0 Å². The molecule has 1 atom stereocenters. The maximum Gasteiger partial charge on any atom is 0.203 e. The van der Waals surface area contributed by atoms with Crippen molar-refractivity contribution in [3.8, 4) is 17.2 Å². The Morgan fingerprint density at radius 1 is 1.14 bits per heavy atom. The van der Waals surface area contributed by atoms with Crippen molar-refractivity contribution in [2.75, 3.05) is 26.6 Å². The van der Waals surface area contributed by atoms with Crippen molar-refractivity contribution in [1.29, 1.82) is 0 Å². The van der Waals surface area contributed by atoms with Crippen molar-refractivity contribution >= 4 is 22.2 Å². The largest absolute Gasteiger partial charge is 0.493 e. The molecule has 1 aromatic carbocycles. The quantitative estimate of drug-likeness (QED) is 0.854. The average Bonchev–Trinajstić information content (AvgIpc) is 2.94. The van der Waals surface area contributed by atoms with Gasteiger partial charge in [-0.1, -0.05) is 0 Å². The molecule has 0 aliphatic heterocycles. The van der Waals surface area contributed by atoms with E-state index in [0.717, 1.165) is 16.5 Å². The molecule has 2 aromatic rings. The SMILES string of the molecule is COc1cc(Nc2nc(C(C)N)cs2)cc(OC)c1OC. The van der Waals surface area contributed by atoms with Crippen LogP contribution in [0, 0.1) is 0 Å². The monoisotopic (exact) mass is 309 g/mol. The van der Waals surface area contributed by atoms with Crippen LogP contribution >= 0.6 is 11.3 Å². The Hall–Kier alpha value is -1.99. The summed E-state index contributed by atoms with van der Waals surface area (Å²) in [5.41, 5.74) is 7.47. The molecular formula is C14H19N3O3S. The van der Waals surface area contributed by atoms with Gasteiger partial charge in [-0.25, -0.2) is 4.98 Å². The molecule has 0 aliphatic rings. The van der Waals surface area contributed by atoms with E-state index >= 15 is 0 Å². The summed E-state index contributed by atoms with van der Waals surface area (Å²) >= 11 is 1.49. The lowest BCUT2D eigenvalue weighted by atomic mass is 10.2. The van der Waals surface area contributed by atoms with Gasteiger partial charge in [0.2, 0.25) is 5.75 Å². The summed E-state index contributed by atoms with van der Waals surface area (Å²) in [7, 11) is 4.74. The molecule has 1 heterocycles. The molecule has 114 valence electrons. The van der Waals surface area contributed by atoms with E-state index in [2.05, 4.69) is 10.3 Å². The number of methoxy groups -OCH3 is 3. The van der Waals surface area contributed by atoms with Gasteiger partial charge in [0.05, 0.1) is 27.0 Å². The molecule has 7 heteroatoms. The first-order chi connectivity index (χ1) is 10.1. The van der Waals surface area contributed by atoms with Gasteiger partial charge in [-0.15, -0.1) is 11.3 Å². The summed E-state index contributed by atoms with van der Waals surface area (Å²) < 4.78 is 15.9. The lowest BCUT2D eigenvalue weighted by Gasteiger charge is -2.14. The van der Waals surface area contributed by atoms with E-state index in [1.54, 1.807) is 21.3 Å². The summed E-state index contributed by atoms with van der Waals surface area (Å²) in [4.78, 5) is 4.43. The standard InChI is InChI=1S/C14H19N3O3S/c1-8(15)10-7-21-14(17-10)16-9-5-11(18-2)13(20-4)12(6-9)19-3/h5-8H,15H2,1-4H3,(H,16,17). The molecule has 2 rings (SSSR count). The number of hydrogen-bond donors (Lipinski definition) is 2. The molecule has 0 amide bonds. The van der Waals surface area contributed by atoms with Gasteiger partial charge < -0.3 is 25.3 Å². The maximum absolute atomic E-state index is 5.81. The second-order valence-electron chi connectivity index (χ2n) is 4.41. The average molecular weight is 309 g/mol. The van der Waals surface area contributed by atoms with E-state index in [9.17, 15) is 0 Å². The minimum atomic E-state index is -0.0864. The number of nitrogens with one attached hydrogen (secondary N) is 1. The fourth-order valence-corrected chi connectivity index (χ4v) is 2.66. The van der Waals surface area contributed by atoms with Crippen molar-refractivity contribution in [3.05, 3.63) is 23.2 Å². The fraction of sp³-hybridized carbons (Fsp3) is 0.357. The van der Waals surface area contributed by atoms with E-state index in [4.69, 9.17) is 19.9 Å². The highest BCUT2D eigenvalue weighted by Crippen LogP contribution is 2.40. The van der Waals surface area contributed by atoms with Gasteiger partial charge in [0, 0.05) is 29.2 Å². The van der Waals surface area contributed by atoms with Crippen LogP contribution in [0.2, 0.25) is 0 Å². The normalized spacial score (nSPS) is 11.9. The molecule has 1 aromatic heterocycles. The second kappa shape index (κ2) is 6.64. The Balaban J connectivity index is 2.30. The second-order valence-corrected chi connectivity index (χ2v) is 5.26. The van der Waals surface area contributed by atoms with Gasteiger partial charge >= 0.3 is 0 Å². The summed E-state index contributed by atoms with van der Waals surface area (Å²) in [6.07, 6.45) is 0. The van der Waals surface area contributed by atoms with Crippen molar-refractivity contribution in [3.63, 3.8) is 0 Å². The van der Waals surface area contributed by atoms with E-state index < -0.39 is 0 Å². The predicted octanol–water partition coefficient (Wildman–Crippen LogP) is 2.93. The number of rotatable bonds is 6. The number of thiazole rings is 1. The Labute approximate surface area is 127 Å².